The van der Waals surface area contributed by atoms with Crippen LogP contribution in [0.5, 0.6) is 0 Å². The molecule has 2 rings (SSSR count). The third-order valence-electron chi connectivity index (χ3n) is 2.41. The number of sulfonamides is 1. The van der Waals surface area contributed by atoms with Crippen molar-refractivity contribution in [1.82, 2.24) is 20.4 Å². The molecule has 92 valence electrons. The van der Waals surface area contributed by atoms with E-state index >= 15 is 0 Å². The number of nitrogens with one attached hydrogen (secondary N) is 3. The zero-order valence-electron chi connectivity index (χ0n) is 9.27. The van der Waals surface area contributed by atoms with E-state index in [4.69, 9.17) is 5.73 Å². The van der Waals surface area contributed by atoms with Crippen LogP contribution in [0.25, 0.3) is 0 Å². The Labute approximate surface area is 97.7 Å². The molecule has 0 saturated heterocycles. The highest BCUT2D eigenvalue weighted by Crippen LogP contribution is 2.21. The minimum Gasteiger partial charge on any atom is -0.383 e. The average molecular weight is 256 g/mol. The van der Waals surface area contributed by atoms with Crippen LogP contribution in [0.3, 0.4) is 0 Å². The molecule has 9 heteroatoms. The smallest absolute Gasteiger partial charge is 0.268 e. The molecule has 0 bridgehead atoms. The molecular weight excluding hydrogens is 244 g/mol. The summed E-state index contributed by atoms with van der Waals surface area (Å²) in [5.74, 6) is 0.241. The van der Waals surface area contributed by atoms with Gasteiger partial charge in [-0.1, -0.05) is 0 Å². The minimum atomic E-state index is -3.76. The van der Waals surface area contributed by atoms with E-state index in [0.29, 0.717) is 0 Å². The van der Waals surface area contributed by atoms with Gasteiger partial charge in [0.05, 0.1) is 6.20 Å². The van der Waals surface area contributed by atoms with E-state index in [-0.39, 0.29) is 16.5 Å². The van der Waals surface area contributed by atoms with Gasteiger partial charge in [-0.25, -0.2) is 8.42 Å². The number of nitrogen functional groups attached to an aromatic ring is 1. The number of rotatable bonds is 3. The van der Waals surface area contributed by atoms with Crippen LogP contribution in [0.15, 0.2) is 11.1 Å². The third-order valence-corrected chi connectivity index (χ3v) is 3.77. The Balaban J connectivity index is 2.37. The lowest BCUT2D eigenvalue weighted by molar-refractivity contribution is 0.601. The van der Waals surface area contributed by atoms with Gasteiger partial charge in [0, 0.05) is 11.3 Å². The zero-order valence-corrected chi connectivity index (χ0v) is 10.1. The summed E-state index contributed by atoms with van der Waals surface area (Å²) in [5.41, 5.74) is 6.98. The Hall–Kier alpha value is -2.03. The predicted octanol–water partition coefficient (Wildman–Crippen LogP) is 0.133. The maximum absolute atomic E-state index is 11.9. The van der Waals surface area contributed by atoms with Crippen LogP contribution in [0, 0.1) is 13.8 Å². The van der Waals surface area contributed by atoms with Crippen LogP contribution < -0.4 is 10.5 Å². The molecule has 0 saturated carbocycles. The number of nitrogens with zero attached hydrogens (tertiary/aromatic N) is 2. The van der Waals surface area contributed by atoms with Crippen molar-refractivity contribution in [2.45, 2.75) is 18.7 Å². The second kappa shape index (κ2) is 3.77. The van der Waals surface area contributed by atoms with Crippen molar-refractivity contribution in [2.24, 2.45) is 0 Å². The summed E-state index contributed by atoms with van der Waals surface area (Å²) in [7, 11) is -3.76. The molecule has 0 unspecified atom stereocenters. The highest BCUT2D eigenvalue weighted by Gasteiger charge is 2.21. The number of aromatic amines is 2. The lowest BCUT2D eigenvalue weighted by Gasteiger charge is -2.04. The van der Waals surface area contributed by atoms with Gasteiger partial charge in [0.1, 0.15) is 10.7 Å². The molecule has 0 amide bonds. The summed E-state index contributed by atoms with van der Waals surface area (Å²) in [6.07, 6.45) is 1.15. The van der Waals surface area contributed by atoms with E-state index < -0.39 is 10.0 Å². The first-order valence-corrected chi connectivity index (χ1v) is 6.23. The van der Waals surface area contributed by atoms with Crippen LogP contribution in [-0.4, -0.2) is 28.8 Å². The molecule has 0 fully saturated rings. The maximum atomic E-state index is 11.9. The first-order valence-electron chi connectivity index (χ1n) is 4.75. The first kappa shape index (κ1) is 11.5. The second-order valence-electron chi connectivity index (χ2n) is 3.58. The van der Waals surface area contributed by atoms with E-state index in [1.807, 2.05) is 0 Å². The highest BCUT2D eigenvalue weighted by atomic mass is 32.2. The molecule has 0 radical (unpaired) electrons. The highest BCUT2D eigenvalue weighted by molar-refractivity contribution is 7.92. The van der Waals surface area contributed by atoms with Crippen molar-refractivity contribution in [1.29, 1.82) is 0 Å². The minimum absolute atomic E-state index is 0.0117. The Morgan fingerprint density at radius 2 is 2.06 bits per heavy atom. The number of H-pyrrole nitrogens is 2. The van der Waals surface area contributed by atoms with Crippen LogP contribution >= 0.6 is 0 Å². The first-order chi connectivity index (χ1) is 7.92. The molecule has 2 heterocycles. The molecule has 8 nitrogen and oxygen atoms in total. The molecule has 5 N–H and O–H groups in total. The molecule has 0 aliphatic carbocycles. The Bertz CT molecular complexity index is 641. The van der Waals surface area contributed by atoms with Gasteiger partial charge in [-0.2, -0.15) is 10.2 Å². The van der Waals surface area contributed by atoms with Gasteiger partial charge < -0.3 is 5.73 Å². The number of anilines is 2. The van der Waals surface area contributed by atoms with E-state index in [9.17, 15) is 8.42 Å². The van der Waals surface area contributed by atoms with Crippen LogP contribution in [0.4, 0.5) is 11.6 Å². The SMILES string of the molecule is Cc1[nH]nc(NS(=O)(=O)c2cn[nH]c2N)c1C. The summed E-state index contributed by atoms with van der Waals surface area (Å²) < 4.78 is 26.2. The standard InChI is InChI=1S/C8H12N6O2S/c1-4-5(2)11-13-8(4)14-17(15,16)6-3-10-12-7(6)9/h3H,1-2H3,(H3,9,10,12)(H2,11,13,14). The summed E-state index contributed by atoms with van der Waals surface area (Å²) in [6, 6.07) is 0. The molecule has 2 aromatic rings. The average Bonchev–Trinajstić information content (AvgIpc) is 2.80. The van der Waals surface area contributed by atoms with Gasteiger partial charge in [0.15, 0.2) is 5.82 Å². The monoisotopic (exact) mass is 256 g/mol. The van der Waals surface area contributed by atoms with Gasteiger partial charge in [0.25, 0.3) is 10.0 Å². The Morgan fingerprint density at radius 1 is 1.35 bits per heavy atom. The third kappa shape index (κ3) is 1.96. The molecule has 2 aromatic heterocycles. The van der Waals surface area contributed by atoms with Crippen LogP contribution in [0.1, 0.15) is 11.3 Å². The fraction of sp³-hybridized carbons (Fsp3) is 0.250. The Kier molecular flexibility index (Phi) is 2.54. The van der Waals surface area contributed by atoms with Gasteiger partial charge in [-0.05, 0) is 13.8 Å². The normalized spacial score (nSPS) is 11.6. The summed E-state index contributed by atoms with van der Waals surface area (Å²) >= 11 is 0. The lowest BCUT2D eigenvalue weighted by atomic mass is 10.3. The summed E-state index contributed by atoms with van der Waals surface area (Å²) in [6.45, 7) is 3.56. The molecule has 0 spiro atoms. The molecule has 0 aliphatic rings. The van der Waals surface area contributed by atoms with Crippen LogP contribution in [0.2, 0.25) is 0 Å². The van der Waals surface area contributed by atoms with Gasteiger partial charge in [0.2, 0.25) is 0 Å². The molecular formula is C8H12N6O2S. The van der Waals surface area contributed by atoms with E-state index in [1.165, 1.54) is 0 Å². The van der Waals surface area contributed by atoms with Crippen molar-refractivity contribution < 1.29 is 8.42 Å². The number of nitrogens with two attached hydrogens (primary N) is 1. The topological polar surface area (TPSA) is 130 Å². The Morgan fingerprint density at radius 3 is 2.53 bits per heavy atom. The van der Waals surface area contributed by atoms with E-state index in [0.717, 1.165) is 17.5 Å². The fourth-order valence-electron chi connectivity index (χ4n) is 1.27. The van der Waals surface area contributed by atoms with Crippen molar-refractivity contribution >= 4 is 21.7 Å². The number of hydrogen-bond donors (Lipinski definition) is 4. The molecule has 0 aliphatic heterocycles. The van der Waals surface area contributed by atoms with Crippen molar-refractivity contribution in [3.63, 3.8) is 0 Å². The largest absolute Gasteiger partial charge is 0.383 e. The van der Waals surface area contributed by atoms with Gasteiger partial charge >= 0.3 is 0 Å². The molecule has 0 atom stereocenters. The second-order valence-corrected chi connectivity index (χ2v) is 5.23. The van der Waals surface area contributed by atoms with Crippen LogP contribution in [-0.2, 0) is 10.0 Å². The van der Waals surface area contributed by atoms with Gasteiger partial charge in [-0.3, -0.25) is 14.9 Å². The summed E-state index contributed by atoms with van der Waals surface area (Å²) in [4.78, 5) is -0.0995. The van der Waals surface area contributed by atoms with Crippen molar-refractivity contribution in [3.05, 3.63) is 17.5 Å². The fourth-order valence-corrected chi connectivity index (χ4v) is 2.36. The number of aromatic nitrogens is 4. The van der Waals surface area contributed by atoms with E-state index in [2.05, 4.69) is 25.1 Å². The molecule has 17 heavy (non-hydrogen) atoms. The van der Waals surface area contributed by atoms with Crippen molar-refractivity contribution in [2.75, 3.05) is 10.5 Å². The predicted molar refractivity (Wildman–Crippen MR) is 61.9 cm³/mol. The summed E-state index contributed by atoms with van der Waals surface area (Å²) in [5, 5.41) is 12.5. The molecule has 0 aromatic carbocycles. The number of aryl methyl sites for hydroxylation is 1. The van der Waals surface area contributed by atoms with Crippen molar-refractivity contribution in [3.8, 4) is 0 Å². The van der Waals surface area contributed by atoms with E-state index in [1.54, 1.807) is 13.8 Å². The maximum Gasteiger partial charge on any atom is 0.268 e. The van der Waals surface area contributed by atoms with Gasteiger partial charge in [-0.15, -0.1) is 0 Å². The lowest BCUT2D eigenvalue weighted by Crippen LogP contribution is -2.14. The quantitative estimate of drug-likeness (QED) is 0.620. The zero-order chi connectivity index (χ0) is 12.6. The number of hydrogen-bond acceptors (Lipinski definition) is 5.